The van der Waals surface area contributed by atoms with Crippen molar-refractivity contribution in [3.8, 4) is 34.8 Å². The van der Waals surface area contributed by atoms with Crippen molar-refractivity contribution in [3.05, 3.63) is 52.1 Å². The van der Waals surface area contributed by atoms with Gasteiger partial charge in [0.2, 0.25) is 12.7 Å². The first-order valence-corrected chi connectivity index (χ1v) is 17.2. The van der Waals surface area contributed by atoms with E-state index in [9.17, 15) is 24.8 Å². The molecule has 0 aliphatic carbocycles. The number of aryl methyl sites for hydroxylation is 1. The van der Waals surface area contributed by atoms with Crippen molar-refractivity contribution >= 4 is 29.6 Å². The van der Waals surface area contributed by atoms with Crippen LogP contribution in [0.25, 0.3) is 0 Å². The van der Waals surface area contributed by atoms with E-state index in [0.29, 0.717) is 58.2 Å². The summed E-state index contributed by atoms with van der Waals surface area (Å²) in [6.45, 7) is 10.5. The van der Waals surface area contributed by atoms with Crippen LogP contribution in [0.1, 0.15) is 64.6 Å². The van der Waals surface area contributed by atoms with Gasteiger partial charge in [-0.3, -0.25) is 19.4 Å². The summed E-state index contributed by atoms with van der Waals surface area (Å²) in [5.74, 6) is 0.149. The number of nitriles is 1. The molecule has 2 N–H and O–H groups in total. The lowest BCUT2D eigenvalue weighted by atomic mass is 9.71. The van der Waals surface area contributed by atoms with Gasteiger partial charge in [-0.05, 0) is 31.4 Å². The quantitative estimate of drug-likeness (QED) is 0.268. The van der Waals surface area contributed by atoms with Crippen LogP contribution in [0.4, 0.5) is 0 Å². The van der Waals surface area contributed by atoms with Gasteiger partial charge in [0.1, 0.15) is 24.4 Å². The Morgan fingerprint density at radius 2 is 1.94 bits per heavy atom. The molecule has 5 aliphatic heterocycles. The number of aromatic hydroxyl groups is 1. The van der Waals surface area contributed by atoms with E-state index in [2.05, 4.69) is 27.8 Å². The molecule has 2 aromatic rings. The van der Waals surface area contributed by atoms with E-state index >= 15 is 0 Å². The highest BCUT2D eigenvalue weighted by Gasteiger charge is 2.61. The molecule has 1 amide bonds. The number of phenolic OH excluding ortho intramolecular Hbond substituents is 1. The van der Waals surface area contributed by atoms with Gasteiger partial charge in [-0.1, -0.05) is 12.1 Å². The van der Waals surface area contributed by atoms with Crippen molar-refractivity contribution in [1.82, 2.24) is 15.1 Å². The third-order valence-electron chi connectivity index (χ3n) is 10.2. The van der Waals surface area contributed by atoms with Gasteiger partial charge in [-0.2, -0.15) is 5.26 Å². The van der Waals surface area contributed by atoms with Gasteiger partial charge in [-0.15, -0.1) is 18.3 Å². The molecule has 0 spiro atoms. The first-order chi connectivity index (χ1) is 23.5. The average molecular weight is 691 g/mol. The van der Waals surface area contributed by atoms with Gasteiger partial charge < -0.3 is 34.1 Å². The Morgan fingerprint density at radius 1 is 1.18 bits per heavy atom. The smallest absolute Gasteiger partial charge is 0.329 e. The van der Waals surface area contributed by atoms with Crippen molar-refractivity contribution in [2.24, 2.45) is 0 Å². The molecule has 7 rings (SSSR count). The Labute approximate surface area is 288 Å². The molecular formula is C35H38N4O9S. The summed E-state index contributed by atoms with van der Waals surface area (Å²) in [6, 6.07) is 0.807. The average Bonchev–Trinajstić information content (AvgIpc) is 3.54. The number of esters is 2. The molecule has 0 radical (unpaired) electrons. The minimum Gasteiger partial charge on any atom is -0.504 e. The number of amides is 1. The van der Waals surface area contributed by atoms with Gasteiger partial charge in [0, 0.05) is 60.5 Å². The Bertz CT molecular complexity index is 1830. The molecule has 13 nitrogen and oxygen atoms in total. The maximum atomic E-state index is 13.5. The summed E-state index contributed by atoms with van der Waals surface area (Å²) in [4.78, 5) is 42.7. The maximum absolute atomic E-state index is 13.5. The fourth-order valence-corrected chi connectivity index (χ4v) is 10.1. The zero-order chi connectivity index (χ0) is 34.9. The predicted octanol–water partition coefficient (Wildman–Crippen LogP) is 3.29. The highest BCUT2D eigenvalue weighted by atomic mass is 32.2. The molecule has 4 bridgehead atoms. The number of carbonyl (C=O) groups is 3. The molecule has 2 saturated heterocycles. The molecule has 258 valence electrons. The van der Waals surface area contributed by atoms with E-state index in [1.807, 2.05) is 13.0 Å². The normalized spacial score (nSPS) is 28.2. The van der Waals surface area contributed by atoms with Crippen molar-refractivity contribution in [2.75, 3.05) is 32.8 Å². The van der Waals surface area contributed by atoms with Gasteiger partial charge in [0.25, 0.3) is 0 Å². The van der Waals surface area contributed by atoms with E-state index in [1.54, 1.807) is 13.0 Å². The summed E-state index contributed by atoms with van der Waals surface area (Å²) < 4.78 is 29.7. The van der Waals surface area contributed by atoms with Gasteiger partial charge in [-0.25, -0.2) is 4.79 Å². The number of phenols is 1. The van der Waals surface area contributed by atoms with Crippen LogP contribution in [-0.2, 0) is 25.5 Å². The number of ether oxygens (including phenoxy) is 5. The number of thioether (sulfide) groups is 1. The molecule has 5 aliphatic rings. The van der Waals surface area contributed by atoms with Crippen molar-refractivity contribution in [1.29, 1.82) is 5.26 Å². The highest BCUT2D eigenvalue weighted by molar-refractivity contribution is 7.99. The number of carbonyl (C=O) groups excluding carboxylic acids is 3. The predicted molar refractivity (Wildman–Crippen MR) is 177 cm³/mol. The Hall–Kier alpha value is -4.45. The van der Waals surface area contributed by atoms with Crippen LogP contribution in [0.15, 0.2) is 18.7 Å². The Kier molecular flexibility index (Phi) is 8.41. The molecular weight excluding hydrogens is 652 g/mol. The van der Waals surface area contributed by atoms with E-state index in [4.69, 9.17) is 23.7 Å². The molecule has 2 aromatic carbocycles. The molecule has 7 atom stereocenters. The topological polar surface area (TPSA) is 160 Å². The summed E-state index contributed by atoms with van der Waals surface area (Å²) in [7, 11) is 1.52. The number of cyclic esters (lactones) is 1. The summed E-state index contributed by atoms with van der Waals surface area (Å²) in [6.07, 6.45) is 2.25. The number of nitrogens with zero attached hydrogens (tertiary/aromatic N) is 3. The highest BCUT2D eigenvalue weighted by Crippen LogP contribution is 2.64. The number of rotatable bonds is 5. The van der Waals surface area contributed by atoms with Crippen LogP contribution in [-0.4, -0.2) is 89.7 Å². The molecule has 2 fully saturated rings. The summed E-state index contributed by atoms with van der Waals surface area (Å²) in [5.41, 5.74) is 4.22. The van der Waals surface area contributed by atoms with E-state index in [-0.39, 0.29) is 36.9 Å². The first-order valence-electron chi connectivity index (χ1n) is 16.1. The van der Waals surface area contributed by atoms with E-state index in [0.717, 1.165) is 11.1 Å². The zero-order valence-electron chi connectivity index (χ0n) is 27.9. The van der Waals surface area contributed by atoms with Crippen molar-refractivity contribution in [3.63, 3.8) is 0 Å². The second-order valence-electron chi connectivity index (χ2n) is 13.0. The number of hydrogen-bond acceptors (Lipinski definition) is 13. The fraction of sp³-hybridized carbons (Fsp3) is 0.486. The molecule has 0 saturated carbocycles. The van der Waals surface area contributed by atoms with Gasteiger partial charge in [0.05, 0.1) is 30.5 Å². The number of nitrogens with one attached hydrogen (secondary N) is 1. The fourth-order valence-electron chi connectivity index (χ4n) is 8.56. The summed E-state index contributed by atoms with van der Waals surface area (Å²) in [5, 5.41) is 25.1. The molecule has 1 unspecified atom stereocenters. The minimum atomic E-state index is -0.965. The van der Waals surface area contributed by atoms with Crippen LogP contribution in [0.3, 0.4) is 0 Å². The monoisotopic (exact) mass is 690 g/mol. The van der Waals surface area contributed by atoms with Crippen LogP contribution < -0.4 is 24.3 Å². The lowest BCUT2D eigenvalue weighted by Crippen LogP contribution is -2.70. The lowest BCUT2D eigenvalue weighted by Gasteiger charge is -2.62. The Balaban J connectivity index is 1.56. The Morgan fingerprint density at radius 3 is 2.61 bits per heavy atom. The first kappa shape index (κ1) is 33.1. The molecule has 14 heteroatoms. The van der Waals surface area contributed by atoms with Crippen molar-refractivity contribution < 1.29 is 43.2 Å². The van der Waals surface area contributed by atoms with E-state index in [1.165, 1.54) is 32.7 Å². The van der Waals surface area contributed by atoms with Crippen LogP contribution in [0.5, 0.6) is 28.7 Å². The number of hydrogen-bond donors (Lipinski definition) is 2. The van der Waals surface area contributed by atoms with Crippen LogP contribution >= 0.6 is 11.8 Å². The third-order valence-corrected chi connectivity index (χ3v) is 11.6. The van der Waals surface area contributed by atoms with Gasteiger partial charge in [0.15, 0.2) is 23.0 Å². The van der Waals surface area contributed by atoms with Gasteiger partial charge >= 0.3 is 11.9 Å². The third kappa shape index (κ3) is 5.01. The molecule has 5 heterocycles. The van der Waals surface area contributed by atoms with Crippen molar-refractivity contribution in [2.45, 2.75) is 75.6 Å². The number of benzene rings is 2. The minimum absolute atomic E-state index is 0.0215. The van der Waals surface area contributed by atoms with Crippen LogP contribution in [0.2, 0.25) is 0 Å². The standard InChI is InChI=1S/C35H38N4O9S/c1-7-8-38-21-10-19-9-15(2)30(44-6)29(42)24(19)27(38)28-34-26-25(33-32(46-14-47-33)16(3)31(26)48-18(5)41)23(39(28)22(21)11-36)12-45-35(43)20(13-49-34)37-17(4)40/h7,9,20-23,27-28,34,42H,1,8,10,12-14H2,2-6H3,(H,37,40)/t20?,21-,22+,23+,27-,28-,34-/m1/s1. The molecule has 49 heavy (non-hydrogen) atoms. The molecule has 0 aromatic heterocycles. The van der Waals surface area contributed by atoms with Crippen LogP contribution in [0, 0.1) is 25.2 Å². The van der Waals surface area contributed by atoms with E-state index < -0.39 is 47.4 Å². The maximum Gasteiger partial charge on any atom is 0.329 e. The lowest BCUT2D eigenvalue weighted by molar-refractivity contribution is -0.152. The second kappa shape index (κ2) is 12.5. The number of piperazine rings is 1. The summed E-state index contributed by atoms with van der Waals surface area (Å²) >= 11 is 1.39. The zero-order valence-corrected chi connectivity index (χ0v) is 28.7. The number of fused-ring (bicyclic) bond motifs is 9. The number of methoxy groups -OCH3 is 1. The second-order valence-corrected chi connectivity index (χ2v) is 14.1. The SMILES string of the molecule is C=CCN1[C@@H]2Cc3cc(C)c(OC)c(O)c3[C@@H]1[C@@H]1[C@@H]3SCC(NC(C)=O)C(=O)OC[C@@H](c4c5c(c(C)c(OC(C)=O)c43)OCO5)N1[C@H]2C#N. The largest absolute Gasteiger partial charge is 0.504 e.